The van der Waals surface area contributed by atoms with E-state index in [-0.39, 0.29) is 0 Å². The van der Waals surface area contributed by atoms with Gasteiger partial charge in [0, 0.05) is 26.3 Å². The summed E-state index contributed by atoms with van der Waals surface area (Å²) in [4.78, 5) is 0. The van der Waals surface area contributed by atoms with Gasteiger partial charge < -0.3 is 14.8 Å². The fourth-order valence-corrected chi connectivity index (χ4v) is 2.90. The van der Waals surface area contributed by atoms with Crippen LogP contribution in [-0.2, 0) is 9.47 Å². The summed E-state index contributed by atoms with van der Waals surface area (Å²) in [5.41, 5.74) is 0. The molecule has 1 heterocycles. The molecule has 94 valence electrons. The minimum absolute atomic E-state index is 0.429. The average Bonchev–Trinajstić information content (AvgIpc) is 2.38. The van der Waals surface area contributed by atoms with Crippen molar-refractivity contribution in [2.45, 2.75) is 50.7 Å². The van der Waals surface area contributed by atoms with E-state index in [4.69, 9.17) is 9.47 Å². The first-order chi connectivity index (χ1) is 7.90. The van der Waals surface area contributed by atoms with Crippen LogP contribution in [0.4, 0.5) is 0 Å². The SMILES string of the molecule is COC1CCCCC1NCC1CCCOC1. The Kier molecular flexibility index (Phi) is 5.07. The highest BCUT2D eigenvalue weighted by Gasteiger charge is 2.25. The molecule has 1 saturated heterocycles. The standard InChI is InChI=1S/C13H25NO2/c1-15-13-7-3-2-6-12(13)14-9-11-5-4-8-16-10-11/h11-14H,2-10H2,1H3. The Balaban J connectivity index is 1.70. The lowest BCUT2D eigenvalue weighted by atomic mass is 9.91. The van der Waals surface area contributed by atoms with E-state index in [9.17, 15) is 0 Å². The maximum absolute atomic E-state index is 5.55. The molecule has 16 heavy (non-hydrogen) atoms. The second kappa shape index (κ2) is 6.58. The van der Waals surface area contributed by atoms with E-state index in [1.165, 1.54) is 38.5 Å². The van der Waals surface area contributed by atoms with Crippen molar-refractivity contribution in [2.75, 3.05) is 26.9 Å². The van der Waals surface area contributed by atoms with Gasteiger partial charge in [0.25, 0.3) is 0 Å². The average molecular weight is 227 g/mol. The van der Waals surface area contributed by atoms with Crippen molar-refractivity contribution in [3.05, 3.63) is 0 Å². The molecule has 1 saturated carbocycles. The van der Waals surface area contributed by atoms with Crippen LogP contribution in [0.5, 0.6) is 0 Å². The third kappa shape index (κ3) is 3.44. The van der Waals surface area contributed by atoms with E-state index in [2.05, 4.69) is 5.32 Å². The lowest BCUT2D eigenvalue weighted by molar-refractivity contribution is 0.0282. The van der Waals surface area contributed by atoms with E-state index in [1.54, 1.807) is 0 Å². The van der Waals surface area contributed by atoms with Crippen LogP contribution in [0.15, 0.2) is 0 Å². The van der Waals surface area contributed by atoms with Gasteiger partial charge in [-0.1, -0.05) is 12.8 Å². The largest absolute Gasteiger partial charge is 0.381 e. The number of hydrogen-bond acceptors (Lipinski definition) is 3. The van der Waals surface area contributed by atoms with Gasteiger partial charge in [-0.05, 0) is 31.6 Å². The molecule has 0 amide bonds. The third-order valence-electron chi connectivity index (χ3n) is 3.93. The summed E-state index contributed by atoms with van der Waals surface area (Å²) in [6.45, 7) is 3.00. The summed E-state index contributed by atoms with van der Waals surface area (Å²) in [7, 11) is 1.84. The molecule has 0 radical (unpaired) electrons. The predicted octanol–water partition coefficient (Wildman–Crippen LogP) is 1.96. The van der Waals surface area contributed by atoms with Crippen LogP contribution in [0.3, 0.4) is 0 Å². The molecule has 3 atom stereocenters. The van der Waals surface area contributed by atoms with Crippen molar-refractivity contribution in [3.8, 4) is 0 Å². The summed E-state index contributed by atoms with van der Waals surface area (Å²) in [6.07, 6.45) is 8.13. The Hall–Kier alpha value is -0.120. The fourth-order valence-electron chi connectivity index (χ4n) is 2.90. The van der Waals surface area contributed by atoms with Gasteiger partial charge in [-0.2, -0.15) is 0 Å². The summed E-state index contributed by atoms with van der Waals surface area (Å²) in [5.74, 6) is 0.716. The molecule has 0 spiro atoms. The first-order valence-electron chi connectivity index (χ1n) is 6.74. The molecule has 1 aliphatic heterocycles. The summed E-state index contributed by atoms with van der Waals surface area (Å²) >= 11 is 0. The second-order valence-corrected chi connectivity index (χ2v) is 5.16. The van der Waals surface area contributed by atoms with Crippen LogP contribution < -0.4 is 5.32 Å². The number of nitrogens with one attached hydrogen (secondary N) is 1. The van der Waals surface area contributed by atoms with Gasteiger partial charge in [-0.25, -0.2) is 0 Å². The highest BCUT2D eigenvalue weighted by Crippen LogP contribution is 2.21. The topological polar surface area (TPSA) is 30.5 Å². The van der Waals surface area contributed by atoms with Crippen molar-refractivity contribution in [1.82, 2.24) is 5.32 Å². The first-order valence-corrected chi connectivity index (χ1v) is 6.74. The van der Waals surface area contributed by atoms with Crippen LogP contribution in [0.25, 0.3) is 0 Å². The Morgan fingerprint density at radius 3 is 2.81 bits per heavy atom. The zero-order valence-electron chi connectivity index (χ0n) is 10.4. The minimum Gasteiger partial charge on any atom is -0.381 e. The van der Waals surface area contributed by atoms with E-state index >= 15 is 0 Å². The van der Waals surface area contributed by atoms with Crippen molar-refractivity contribution in [2.24, 2.45) is 5.92 Å². The van der Waals surface area contributed by atoms with Crippen molar-refractivity contribution < 1.29 is 9.47 Å². The van der Waals surface area contributed by atoms with Gasteiger partial charge in [0.2, 0.25) is 0 Å². The van der Waals surface area contributed by atoms with E-state index in [0.29, 0.717) is 18.1 Å². The van der Waals surface area contributed by atoms with Gasteiger partial charge in [0.05, 0.1) is 12.7 Å². The molecular formula is C13H25NO2. The minimum atomic E-state index is 0.429. The molecule has 0 aromatic carbocycles. The Labute approximate surface area is 98.9 Å². The normalized spacial score (nSPS) is 36.2. The quantitative estimate of drug-likeness (QED) is 0.796. The van der Waals surface area contributed by atoms with E-state index in [0.717, 1.165) is 19.8 Å². The first kappa shape index (κ1) is 12.3. The van der Waals surface area contributed by atoms with Crippen LogP contribution in [-0.4, -0.2) is 39.0 Å². The molecule has 0 aromatic rings. The van der Waals surface area contributed by atoms with Gasteiger partial charge in [0.1, 0.15) is 0 Å². The highest BCUT2D eigenvalue weighted by atomic mass is 16.5. The lowest BCUT2D eigenvalue weighted by Crippen LogP contribution is -2.45. The van der Waals surface area contributed by atoms with Crippen LogP contribution in [0, 0.1) is 5.92 Å². The Morgan fingerprint density at radius 1 is 1.19 bits per heavy atom. The van der Waals surface area contributed by atoms with Gasteiger partial charge in [0.15, 0.2) is 0 Å². The van der Waals surface area contributed by atoms with Gasteiger partial charge in [-0.3, -0.25) is 0 Å². The summed E-state index contributed by atoms with van der Waals surface area (Å²) in [6, 6.07) is 0.570. The maximum atomic E-state index is 5.55. The zero-order chi connectivity index (χ0) is 11.2. The highest BCUT2D eigenvalue weighted by molar-refractivity contribution is 4.82. The Morgan fingerprint density at radius 2 is 2.06 bits per heavy atom. The smallest absolute Gasteiger partial charge is 0.0724 e. The molecule has 1 N–H and O–H groups in total. The number of methoxy groups -OCH3 is 1. The molecule has 0 bridgehead atoms. The molecule has 1 aliphatic carbocycles. The van der Waals surface area contributed by atoms with Crippen LogP contribution >= 0.6 is 0 Å². The molecule has 3 heteroatoms. The predicted molar refractivity (Wildman–Crippen MR) is 64.6 cm³/mol. The number of hydrogen-bond donors (Lipinski definition) is 1. The summed E-state index contributed by atoms with van der Waals surface area (Å²) < 4.78 is 11.1. The molecule has 2 fully saturated rings. The van der Waals surface area contributed by atoms with Gasteiger partial charge in [-0.15, -0.1) is 0 Å². The molecule has 2 aliphatic rings. The van der Waals surface area contributed by atoms with Crippen LogP contribution in [0.1, 0.15) is 38.5 Å². The van der Waals surface area contributed by atoms with Crippen molar-refractivity contribution >= 4 is 0 Å². The van der Waals surface area contributed by atoms with E-state index < -0.39 is 0 Å². The zero-order valence-corrected chi connectivity index (χ0v) is 10.4. The fraction of sp³-hybridized carbons (Fsp3) is 1.00. The van der Waals surface area contributed by atoms with Crippen LogP contribution in [0.2, 0.25) is 0 Å². The number of rotatable bonds is 4. The maximum Gasteiger partial charge on any atom is 0.0724 e. The lowest BCUT2D eigenvalue weighted by Gasteiger charge is -2.33. The molecule has 2 rings (SSSR count). The van der Waals surface area contributed by atoms with Crippen molar-refractivity contribution in [1.29, 1.82) is 0 Å². The summed E-state index contributed by atoms with van der Waals surface area (Å²) in [5, 5.41) is 3.69. The number of ether oxygens (including phenoxy) is 2. The van der Waals surface area contributed by atoms with E-state index in [1.807, 2.05) is 7.11 Å². The molecule has 3 unspecified atom stereocenters. The Bertz CT molecular complexity index is 192. The monoisotopic (exact) mass is 227 g/mol. The van der Waals surface area contributed by atoms with Gasteiger partial charge >= 0.3 is 0 Å². The third-order valence-corrected chi connectivity index (χ3v) is 3.93. The molecular weight excluding hydrogens is 202 g/mol. The van der Waals surface area contributed by atoms with Crippen molar-refractivity contribution in [3.63, 3.8) is 0 Å². The molecule has 3 nitrogen and oxygen atoms in total. The molecule has 0 aromatic heterocycles. The second-order valence-electron chi connectivity index (χ2n) is 5.16.